The van der Waals surface area contributed by atoms with Gasteiger partial charge in [-0.25, -0.2) is 0 Å². The number of hydrogen-bond donors (Lipinski definition) is 1. The molecule has 1 rings (SSSR count). The molecule has 0 aromatic heterocycles. The summed E-state index contributed by atoms with van der Waals surface area (Å²) in [4.78, 5) is 2.24. The highest BCUT2D eigenvalue weighted by Crippen LogP contribution is 2.00. The second-order valence-electron chi connectivity index (χ2n) is 3.04. The quantitative estimate of drug-likeness (QED) is 0.454. The van der Waals surface area contributed by atoms with Crippen LogP contribution in [0.3, 0.4) is 0 Å². The van der Waals surface area contributed by atoms with Gasteiger partial charge in [-0.2, -0.15) is 5.26 Å². The van der Waals surface area contributed by atoms with Crippen molar-refractivity contribution in [1.29, 1.82) is 5.26 Å². The van der Waals surface area contributed by atoms with E-state index in [1.54, 1.807) is 0 Å². The topological polar surface area (TPSA) is 48.3 Å². The predicted octanol–water partition coefficient (Wildman–Crippen LogP) is -0.570. The van der Waals surface area contributed by atoms with E-state index in [4.69, 9.17) is 10.00 Å². The number of likely N-dealkylation sites (N-methyl/N-ethyl adjacent to an activating group) is 1. The molecule has 0 aromatic rings. The molecule has 0 saturated carbocycles. The number of rotatable bonds is 3. The lowest BCUT2D eigenvalue weighted by Crippen LogP contribution is -2.44. The van der Waals surface area contributed by atoms with Crippen molar-refractivity contribution < 1.29 is 4.74 Å². The van der Waals surface area contributed by atoms with E-state index in [-0.39, 0.29) is 6.10 Å². The zero-order valence-corrected chi connectivity index (χ0v) is 7.42. The standard InChI is InChI=1S/C8H15N3O/c1-11-4-5-12-8(7-11)6-10-3-2-9/h8,10H,3-7H2,1H3. The molecular formula is C8H15N3O. The fraction of sp³-hybridized carbons (Fsp3) is 0.875. The van der Waals surface area contributed by atoms with Gasteiger partial charge in [-0.1, -0.05) is 0 Å². The third kappa shape index (κ3) is 3.18. The lowest BCUT2D eigenvalue weighted by molar-refractivity contribution is -0.0176. The Labute approximate surface area is 73.1 Å². The molecule has 12 heavy (non-hydrogen) atoms. The van der Waals surface area contributed by atoms with Crippen LogP contribution in [0.5, 0.6) is 0 Å². The number of nitrogens with zero attached hydrogens (tertiary/aromatic N) is 2. The van der Waals surface area contributed by atoms with Crippen molar-refractivity contribution in [2.45, 2.75) is 6.10 Å². The Bertz CT molecular complexity index is 166. The fourth-order valence-electron chi connectivity index (χ4n) is 1.28. The summed E-state index contributed by atoms with van der Waals surface area (Å²) in [5.74, 6) is 0. The molecule has 4 nitrogen and oxygen atoms in total. The van der Waals surface area contributed by atoms with Crippen molar-refractivity contribution in [3.05, 3.63) is 0 Å². The second kappa shape index (κ2) is 5.09. The maximum Gasteiger partial charge on any atom is 0.0841 e. The van der Waals surface area contributed by atoms with Crippen LogP contribution < -0.4 is 5.32 Å². The SMILES string of the molecule is CN1CCOC(CNCC#N)C1. The van der Waals surface area contributed by atoms with Crippen molar-refractivity contribution in [2.24, 2.45) is 0 Å². The number of nitrogens with one attached hydrogen (secondary N) is 1. The molecule has 1 saturated heterocycles. The Morgan fingerprint density at radius 1 is 1.75 bits per heavy atom. The largest absolute Gasteiger partial charge is 0.374 e. The Morgan fingerprint density at radius 3 is 3.25 bits per heavy atom. The van der Waals surface area contributed by atoms with E-state index in [2.05, 4.69) is 17.3 Å². The molecule has 1 N–H and O–H groups in total. The van der Waals surface area contributed by atoms with Crippen LogP contribution >= 0.6 is 0 Å². The molecule has 0 aromatic carbocycles. The molecule has 0 bridgehead atoms. The maximum atomic E-state index is 8.28. The Balaban J connectivity index is 2.11. The third-order valence-corrected chi connectivity index (χ3v) is 1.92. The summed E-state index contributed by atoms with van der Waals surface area (Å²) in [6.07, 6.45) is 0.247. The Morgan fingerprint density at radius 2 is 2.58 bits per heavy atom. The third-order valence-electron chi connectivity index (χ3n) is 1.92. The molecule has 0 aliphatic carbocycles. The van der Waals surface area contributed by atoms with Gasteiger partial charge in [-0.3, -0.25) is 0 Å². The molecule has 0 radical (unpaired) electrons. The predicted molar refractivity (Wildman–Crippen MR) is 45.7 cm³/mol. The lowest BCUT2D eigenvalue weighted by atomic mass is 10.3. The molecule has 1 unspecified atom stereocenters. The summed E-state index contributed by atoms with van der Waals surface area (Å²) in [5.41, 5.74) is 0. The van der Waals surface area contributed by atoms with Crippen LogP contribution in [0.25, 0.3) is 0 Å². The summed E-state index contributed by atoms with van der Waals surface area (Å²) in [6.45, 7) is 3.95. The highest BCUT2D eigenvalue weighted by molar-refractivity contribution is 4.76. The first-order valence-corrected chi connectivity index (χ1v) is 4.20. The zero-order valence-electron chi connectivity index (χ0n) is 7.42. The average Bonchev–Trinajstić information content (AvgIpc) is 2.05. The molecule has 1 aliphatic rings. The molecule has 1 aliphatic heterocycles. The first-order valence-electron chi connectivity index (χ1n) is 4.20. The number of nitriles is 1. The first kappa shape index (κ1) is 9.46. The second-order valence-corrected chi connectivity index (χ2v) is 3.04. The number of ether oxygens (including phenoxy) is 1. The average molecular weight is 169 g/mol. The molecule has 0 amide bonds. The van der Waals surface area contributed by atoms with Gasteiger partial charge >= 0.3 is 0 Å². The van der Waals surface area contributed by atoms with Crippen LogP contribution in [0.15, 0.2) is 0 Å². The van der Waals surface area contributed by atoms with Gasteiger partial charge in [0.1, 0.15) is 0 Å². The number of hydrogen-bond acceptors (Lipinski definition) is 4. The van der Waals surface area contributed by atoms with Gasteiger partial charge in [0.25, 0.3) is 0 Å². The molecule has 1 atom stereocenters. The van der Waals surface area contributed by atoms with E-state index in [9.17, 15) is 0 Å². The van der Waals surface area contributed by atoms with Crippen molar-refractivity contribution in [3.8, 4) is 6.07 Å². The molecule has 0 spiro atoms. The van der Waals surface area contributed by atoms with Gasteiger partial charge in [0.15, 0.2) is 0 Å². The minimum absolute atomic E-state index is 0.247. The highest BCUT2D eigenvalue weighted by atomic mass is 16.5. The van der Waals surface area contributed by atoms with Crippen LogP contribution in [0.2, 0.25) is 0 Å². The molecule has 68 valence electrons. The zero-order chi connectivity index (χ0) is 8.81. The van der Waals surface area contributed by atoms with Gasteiger partial charge in [-0.05, 0) is 7.05 Å². The van der Waals surface area contributed by atoms with E-state index in [0.717, 1.165) is 26.2 Å². The monoisotopic (exact) mass is 169 g/mol. The number of morpholine rings is 1. The smallest absolute Gasteiger partial charge is 0.0841 e. The Hall–Kier alpha value is -0.630. The summed E-state index contributed by atoms with van der Waals surface area (Å²) in [7, 11) is 2.08. The summed E-state index contributed by atoms with van der Waals surface area (Å²) in [5, 5.41) is 11.3. The van der Waals surface area contributed by atoms with E-state index < -0.39 is 0 Å². The highest BCUT2D eigenvalue weighted by Gasteiger charge is 2.16. The molecule has 1 heterocycles. The van der Waals surface area contributed by atoms with Gasteiger partial charge in [0, 0.05) is 19.6 Å². The minimum Gasteiger partial charge on any atom is -0.374 e. The van der Waals surface area contributed by atoms with Crippen LogP contribution in [0.4, 0.5) is 0 Å². The summed E-state index contributed by atoms with van der Waals surface area (Å²) >= 11 is 0. The maximum absolute atomic E-state index is 8.28. The van der Waals surface area contributed by atoms with Crippen molar-refractivity contribution in [1.82, 2.24) is 10.2 Å². The Kier molecular flexibility index (Phi) is 4.01. The fourth-order valence-corrected chi connectivity index (χ4v) is 1.28. The van der Waals surface area contributed by atoms with Gasteiger partial charge in [0.05, 0.1) is 25.3 Å². The van der Waals surface area contributed by atoms with Crippen LogP contribution in [0, 0.1) is 11.3 Å². The van der Waals surface area contributed by atoms with Gasteiger partial charge in [0.2, 0.25) is 0 Å². The summed E-state index contributed by atoms with van der Waals surface area (Å²) in [6, 6.07) is 2.04. The molecular weight excluding hydrogens is 154 g/mol. The van der Waals surface area contributed by atoms with Crippen molar-refractivity contribution >= 4 is 0 Å². The first-order chi connectivity index (χ1) is 5.83. The molecule has 1 fully saturated rings. The van der Waals surface area contributed by atoms with E-state index in [1.165, 1.54) is 0 Å². The van der Waals surface area contributed by atoms with Crippen LogP contribution in [-0.2, 0) is 4.74 Å². The lowest BCUT2D eigenvalue weighted by Gasteiger charge is -2.29. The van der Waals surface area contributed by atoms with Crippen LogP contribution in [0.1, 0.15) is 0 Å². The van der Waals surface area contributed by atoms with E-state index in [1.807, 2.05) is 6.07 Å². The van der Waals surface area contributed by atoms with Crippen molar-refractivity contribution in [2.75, 3.05) is 39.8 Å². The molecule has 4 heteroatoms. The van der Waals surface area contributed by atoms with E-state index >= 15 is 0 Å². The van der Waals surface area contributed by atoms with Gasteiger partial charge in [-0.15, -0.1) is 0 Å². The summed E-state index contributed by atoms with van der Waals surface area (Å²) < 4.78 is 5.48. The van der Waals surface area contributed by atoms with Crippen molar-refractivity contribution in [3.63, 3.8) is 0 Å². The normalized spacial score (nSPS) is 25.2. The minimum atomic E-state index is 0.247. The van der Waals surface area contributed by atoms with Gasteiger partial charge < -0.3 is 15.0 Å². The van der Waals surface area contributed by atoms with E-state index in [0.29, 0.717) is 6.54 Å². The van der Waals surface area contributed by atoms with Crippen LogP contribution in [-0.4, -0.2) is 50.8 Å².